The van der Waals surface area contributed by atoms with Crippen LogP contribution in [0.25, 0.3) is 0 Å². The SMILES string of the molecule is CC(C)C.CC(C)C.O=P(O)(O)SCCN1CCCCC1. The summed E-state index contributed by atoms with van der Waals surface area (Å²) in [5.74, 6) is 2.20. The average Bonchev–Trinajstić information content (AvgIpc) is 2.27. The summed E-state index contributed by atoms with van der Waals surface area (Å²) >= 11 is 0.752. The number of likely N-dealkylation sites (tertiary alicyclic amines) is 1. The van der Waals surface area contributed by atoms with Crippen LogP contribution in [0.3, 0.4) is 0 Å². The van der Waals surface area contributed by atoms with Crippen molar-refractivity contribution in [1.82, 2.24) is 4.90 Å². The molecule has 1 aliphatic rings. The molecule has 4 nitrogen and oxygen atoms in total. The van der Waals surface area contributed by atoms with E-state index in [1.807, 2.05) is 0 Å². The molecule has 1 rings (SSSR count). The first-order chi connectivity index (χ1) is 9.54. The van der Waals surface area contributed by atoms with Crippen molar-refractivity contribution < 1.29 is 14.4 Å². The molecule has 0 amide bonds. The van der Waals surface area contributed by atoms with Gasteiger partial charge in [0.05, 0.1) is 0 Å². The Bertz CT molecular complexity index is 252. The Kier molecular flexibility index (Phi) is 15.9. The van der Waals surface area contributed by atoms with E-state index >= 15 is 0 Å². The molecule has 130 valence electrons. The van der Waals surface area contributed by atoms with Crippen molar-refractivity contribution in [2.24, 2.45) is 11.8 Å². The average molecular weight is 341 g/mol. The number of hydrogen-bond donors (Lipinski definition) is 2. The van der Waals surface area contributed by atoms with Crippen molar-refractivity contribution in [3.8, 4) is 0 Å². The van der Waals surface area contributed by atoms with E-state index in [1.165, 1.54) is 19.3 Å². The maximum atomic E-state index is 10.5. The summed E-state index contributed by atoms with van der Waals surface area (Å²) in [4.78, 5) is 19.5. The fraction of sp³-hybridized carbons (Fsp3) is 1.00. The normalized spacial score (nSPS) is 16.1. The quantitative estimate of drug-likeness (QED) is 0.731. The topological polar surface area (TPSA) is 60.8 Å². The molecule has 0 aromatic rings. The molecule has 21 heavy (non-hydrogen) atoms. The van der Waals surface area contributed by atoms with Gasteiger partial charge in [0.2, 0.25) is 0 Å². The van der Waals surface area contributed by atoms with Crippen LogP contribution in [0.4, 0.5) is 0 Å². The number of nitrogens with zero attached hydrogens (tertiary/aromatic N) is 1. The zero-order chi connectivity index (χ0) is 16.9. The molecule has 0 unspecified atom stereocenters. The van der Waals surface area contributed by atoms with Gasteiger partial charge in [0.1, 0.15) is 0 Å². The molecule has 2 N–H and O–H groups in total. The van der Waals surface area contributed by atoms with Crippen molar-refractivity contribution in [1.29, 1.82) is 0 Å². The maximum absolute atomic E-state index is 10.5. The van der Waals surface area contributed by atoms with Gasteiger partial charge in [-0.3, -0.25) is 0 Å². The molecule has 0 aliphatic carbocycles. The number of rotatable bonds is 4. The molecule has 0 saturated carbocycles. The molecule has 0 atom stereocenters. The van der Waals surface area contributed by atoms with Crippen molar-refractivity contribution in [2.45, 2.75) is 60.8 Å². The second-order valence-electron chi connectivity index (χ2n) is 6.69. The second kappa shape index (κ2) is 14.1. The van der Waals surface area contributed by atoms with Gasteiger partial charge in [0.15, 0.2) is 0 Å². The summed E-state index contributed by atoms with van der Waals surface area (Å²) in [6.07, 6.45) is 3.74. The van der Waals surface area contributed by atoms with Crippen LogP contribution in [0.5, 0.6) is 0 Å². The predicted molar refractivity (Wildman–Crippen MR) is 95.8 cm³/mol. The van der Waals surface area contributed by atoms with Gasteiger partial charge in [-0.1, -0.05) is 48.0 Å². The fourth-order valence-corrected chi connectivity index (χ4v) is 3.01. The Hall–Kier alpha value is 0.460. The first kappa shape index (κ1) is 23.7. The smallest absolute Gasteiger partial charge is 0.317 e. The van der Waals surface area contributed by atoms with Crippen LogP contribution < -0.4 is 0 Å². The van der Waals surface area contributed by atoms with E-state index in [1.54, 1.807) is 0 Å². The Balaban J connectivity index is 0. The summed E-state index contributed by atoms with van der Waals surface area (Å²) < 4.78 is 10.5. The minimum atomic E-state index is -3.84. The summed E-state index contributed by atoms with van der Waals surface area (Å²) in [5, 5.41) is 0. The van der Waals surface area contributed by atoms with Gasteiger partial charge in [0.25, 0.3) is 0 Å². The van der Waals surface area contributed by atoms with Gasteiger partial charge in [-0.15, -0.1) is 0 Å². The molecule has 0 aromatic carbocycles. The van der Waals surface area contributed by atoms with Crippen LogP contribution in [-0.4, -0.2) is 40.1 Å². The molecule has 1 saturated heterocycles. The van der Waals surface area contributed by atoms with E-state index < -0.39 is 6.80 Å². The lowest BCUT2D eigenvalue weighted by Crippen LogP contribution is -2.31. The first-order valence-corrected chi connectivity index (χ1v) is 11.2. The monoisotopic (exact) mass is 341 g/mol. The molecule has 0 radical (unpaired) electrons. The third kappa shape index (κ3) is 29.2. The molecule has 1 fully saturated rings. The van der Waals surface area contributed by atoms with E-state index in [0.29, 0.717) is 5.75 Å². The summed E-state index contributed by atoms with van der Waals surface area (Å²) in [6, 6.07) is 0. The lowest BCUT2D eigenvalue weighted by molar-refractivity contribution is 0.242. The minimum Gasteiger partial charge on any atom is -0.317 e. The molecule has 1 heterocycles. The van der Waals surface area contributed by atoms with Gasteiger partial charge in [-0.2, -0.15) is 0 Å². The molecule has 6 heteroatoms. The summed E-state index contributed by atoms with van der Waals surface area (Å²) in [7, 11) is 0. The van der Waals surface area contributed by atoms with Crippen LogP contribution in [0.15, 0.2) is 0 Å². The number of hydrogen-bond acceptors (Lipinski definition) is 3. The van der Waals surface area contributed by atoms with Crippen LogP contribution in [0.2, 0.25) is 0 Å². The Morgan fingerprint density at radius 1 is 0.952 bits per heavy atom. The van der Waals surface area contributed by atoms with Crippen molar-refractivity contribution in [2.75, 3.05) is 25.4 Å². The van der Waals surface area contributed by atoms with Crippen molar-refractivity contribution >= 4 is 18.2 Å². The highest BCUT2D eigenvalue weighted by Gasteiger charge is 2.15. The van der Waals surface area contributed by atoms with E-state index in [4.69, 9.17) is 9.79 Å². The van der Waals surface area contributed by atoms with Gasteiger partial charge < -0.3 is 14.7 Å². The van der Waals surface area contributed by atoms with Crippen molar-refractivity contribution in [3.63, 3.8) is 0 Å². The molecule has 0 aromatic heterocycles. The van der Waals surface area contributed by atoms with Gasteiger partial charge >= 0.3 is 6.80 Å². The third-order valence-corrected chi connectivity index (χ3v) is 4.37. The largest absolute Gasteiger partial charge is 0.384 e. The number of piperidine rings is 1. The van der Waals surface area contributed by atoms with Crippen molar-refractivity contribution in [3.05, 3.63) is 0 Å². The lowest BCUT2D eigenvalue weighted by atomic mass is 10.1. The Morgan fingerprint density at radius 2 is 1.33 bits per heavy atom. The lowest BCUT2D eigenvalue weighted by Gasteiger charge is -2.25. The highest BCUT2D eigenvalue weighted by Crippen LogP contribution is 2.49. The zero-order valence-corrected chi connectivity index (χ0v) is 16.4. The van der Waals surface area contributed by atoms with Crippen LogP contribution in [0, 0.1) is 11.8 Å². The van der Waals surface area contributed by atoms with Crippen LogP contribution >= 0.6 is 18.2 Å². The van der Waals surface area contributed by atoms with E-state index in [-0.39, 0.29) is 0 Å². The van der Waals surface area contributed by atoms with Crippen LogP contribution in [0.1, 0.15) is 60.8 Å². The highest BCUT2D eigenvalue weighted by molar-refractivity contribution is 8.54. The van der Waals surface area contributed by atoms with E-state index in [2.05, 4.69) is 46.4 Å². The molecular formula is C15H36NO3PS. The van der Waals surface area contributed by atoms with E-state index in [0.717, 1.165) is 42.9 Å². The Labute approximate surface area is 136 Å². The van der Waals surface area contributed by atoms with Crippen LogP contribution in [-0.2, 0) is 4.57 Å². The zero-order valence-electron chi connectivity index (χ0n) is 14.7. The highest BCUT2D eigenvalue weighted by atomic mass is 32.7. The molecular weight excluding hydrogens is 305 g/mol. The summed E-state index contributed by atoms with van der Waals surface area (Å²) in [6.45, 7) is 12.1. The van der Waals surface area contributed by atoms with Gasteiger partial charge in [-0.25, -0.2) is 4.57 Å². The maximum Gasteiger partial charge on any atom is 0.384 e. The second-order valence-corrected chi connectivity index (χ2v) is 10.5. The fourth-order valence-electron chi connectivity index (χ4n) is 1.47. The van der Waals surface area contributed by atoms with E-state index in [9.17, 15) is 4.57 Å². The van der Waals surface area contributed by atoms with Gasteiger partial charge in [-0.05, 0) is 49.1 Å². The molecule has 0 spiro atoms. The minimum absolute atomic E-state index is 0.532. The van der Waals surface area contributed by atoms with Gasteiger partial charge in [0, 0.05) is 12.3 Å². The Morgan fingerprint density at radius 3 is 1.67 bits per heavy atom. The standard InChI is InChI=1S/C7H16NO3PS.2C4H10/c9-12(10,11)13-7-6-8-4-2-1-3-5-8;2*1-4(2)3/h1-7H2,(H2,9,10,11);2*4H,1-3H3. The first-order valence-electron chi connectivity index (χ1n) is 7.97. The third-order valence-electron chi connectivity index (χ3n) is 2.12. The predicted octanol–water partition coefficient (Wildman–Crippen LogP) is 4.62. The summed E-state index contributed by atoms with van der Waals surface area (Å²) in [5.41, 5.74) is 0. The molecule has 1 aliphatic heterocycles. The molecule has 0 bridgehead atoms.